The zero-order valence-electron chi connectivity index (χ0n) is 21.8. The van der Waals surface area contributed by atoms with Gasteiger partial charge in [0.1, 0.15) is 0 Å². The van der Waals surface area contributed by atoms with Crippen LogP contribution in [0, 0.1) is 0 Å². The van der Waals surface area contributed by atoms with Gasteiger partial charge in [0, 0.05) is 36.8 Å². The van der Waals surface area contributed by atoms with Crippen LogP contribution < -0.4 is 4.72 Å². The van der Waals surface area contributed by atoms with E-state index in [2.05, 4.69) is 64.9 Å². The first-order chi connectivity index (χ1) is 16.3. The van der Waals surface area contributed by atoms with Crippen LogP contribution in [0.3, 0.4) is 0 Å². The van der Waals surface area contributed by atoms with E-state index in [-0.39, 0.29) is 15.7 Å². The van der Waals surface area contributed by atoms with Crippen molar-refractivity contribution in [2.24, 2.45) is 0 Å². The van der Waals surface area contributed by atoms with Gasteiger partial charge in [0.2, 0.25) is 0 Å². The predicted molar refractivity (Wildman–Crippen MR) is 142 cm³/mol. The Labute approximate surface area is 210 Å². The molecule has 0 radical (unpaired) electrons. The summed E-state index contributed by atoms with van der Waals surface area (Å²) in [5, 5.41) is 7.06. The van der Waals surface area contributed by atoms with Crippen molar-refractivity contribution < 1.29 is 8.42 Å². The van der Waals surface area contributed by atoms with Crippen LogP contribution in [0.1, 0.15) is 69.5 Å². The number of anilines is 1. The molecule has 0 amide bonds. The number of hydrogen-bond acceptors (Lipinski definition) is 4. The summed E-state index contributed by atoms with van der Waals surface area (Å²) in [5.74, 6) is 0.314. The van der Waals surface area contributed by atoms with Crippen LogP contribution >= 0.6 is 0 Å². The molecule has 2 heterocycles. The molecule has 4 rings (SSSR count). The third kappa shape index (κ3) is 6.14. The largest absolute Gasteiger partial charge is 0.298 e. The normalized spacial score (nSPS) is 15.1. The molecule has 1 aliphatic rings. The minimum atomic E-state index is -3.70. The van der Waals surface area contributed by atoms with Crippen LogP contribution in [-0.4, -0.2) is 36.6 Å². The highest BCUT2D eigenvalue weighted by atomic mass is 32.2. The van der Waals surface area contributed by atoms with Gasteiger partial charge in [-0.3, -0.25) is 14.7 Å². The summed E-state index contributed by atoms with van der Waals surface area (Å²) in [7, 11) is -3.70. The van der Waals surface area contributed by atoms with Crippen LogP contribution in [-0.2, 0) is 40.2 Å². The van der Waals surface area contributed by atoms with E-state index in [4.69, 9.17) is 0 Å². The third-order valence-electron chi connectivity index (χ3n) is 6.74. The quantitative estimate of drug-likeness (QED) is 0.481. The van der Waals surface area contributed by atoms with Crippen molar-refractivity contribution in [2.45, 2.75) is 76.7 Å². The van der Waals surface area contributed by atoms with Crippen LogP contribution in [0.5, 0.6) is 0 Å². The molecule has 0 unspecified atom stereocenters. The molecule has 35 heavy (non-hydrogen) atoms. The number of nitrogens with zero attached hydrogens (tertiary/aromatic N) is 2. The van der Waals surface area contributed by atoms with E-state index in [1.165, 1.54) is 16.7 Å². The van der Waals surface area contributed by atoms with Gasteiger partial charge in [-0.05, 0) is 52.6 Å². The van der Waals surface area contributed by atoms with Crippen LogP contribution in [0.15, 0.2) is 53.4 Å². The van der Waals surface area contributed by atoms with Gasteiger partial charge in [0.05, 0.1) is 4.90 Å². The lowest BCUT2D eigenvalue weighted by Gasteiger charge is -2.29. The number of aromatic nitrogens is 2. The summed E-state index contributed by atoms with van der Waals surface area (Å²) >= 11 is 0. The number of H-pyrrole nitrogens is 1. The van der Waals surface area contributed by atoms with Gasteiger partial charge in [-0.1, -0.05) is 71.9 Å². The van der Waals surface area contributed by atoms with E-state index in [1.807, 2.05) is 32.9 Å². The van der Waals surface area contributed by atoms with Crippen LogP contribution in [0.25, 0.3) is 0 Å². The average molecular weight is 495 g/mol. The highest BCUT2D eigenvalue weighted by Crippen LogP contribution is 2.26. The van der Waals surface area contributed by atoms with Gasteiger partial charge >= 0.3 is 0 Å². The Balaban J connectivity index is 1.38. The molecule has 1 aliphatic heterocycles. The summed E-state index contributed by atoms with van der Waals surface area (Å²) in [5.41, 5.74) is 5.93. The van der Waals surface area contributed by atoms with Crippen molar-refractivity contribution >= 4 is 15.8 Å². The van der Waals surface area contributed by atoms with Crippen LogP contribution in [0.4, 0.5) is 5.82 Å². The third-order valence-corrected chi connectivity index (χ3v) is 8.09. The first-order valence-electron chi connectivity index (χ1n) is 12.3. The van der Waals surface area contributed by atoms with Crippen molar-refractivity contribution in [3.8, 4) is 0 Å². The van der Waals surface area contributed by atoms with Gasteiger partial charge in [-0.15, -0.1) is 0 Å². The van der Waals surface area contributed by atoms with Gasteiger partial charge in [0.15, 0.2) is 5.82 Å². The van der Waals surface area contributed by atoms with Gasteiger partial charge in [0.25, 0.3) is 10.0 Å². The molecule has 0 spiro atoms. The van der Waals surface area contributed by atoms with Crippen molar-refractivity contribution in [3.05, 3.63) is 76.5 Å². The SMILES string of the molecule is CC(C)(C)c1ccc(CCN2CCc3cc(S(=O)(=O)Nc4cc(C(C)(C)C)[nH]n4)ccc3C2)cc1. The van der Waals surface area contributed by atoms with Crippen molar-refractivity contribution in [3.63, 3.8) is 0 Å². The van der Waals surface area contributed by atoms with E-state index in [0.717, 1.165) is 43.7 Å². The number of nitrogens with one attached hydrogen (secondary N) is 2. The molecule has 0 aliphatic carbocycles. The molecular formula is C28H38N4O2S. The fourth-order valence-electron chi connectivity index (χ4n) is 4.36. The molecule has 0 saturated carbocycles. The number of sulfonamides is 1. The Bertz CT molecular complexity index is 1280. The van der Waals surface area contributed by atoms with E-state index >= 15 is 0 Å². The Morgan fingerprint density at radius 3 is 2.29 bits per heavy atom. The molecule has 0 bridgehead atoms. The van der Waals surface area contributed by atoms with Crippen molar-refractivity contribution in [2.75, 3.05) is 17.8 Å². The molecular weight excluding hydrogens is 456 g/mol. The maximum Gasteiger partial charge on any atom is 0.263 e. The van der Waals surface area contributed by atoms with Crippen LogP contribution in [0.2, 0.25) is 0 Å². The van der Waals surface area contributed by atoms with Gasteiger partial charge in [-0.25, -0.2) is 8.42 Å². The zero-order chi connectivity index (χ0) is 25.4. The fraction of sp³-hybridized carbons (Fsp3) is 0.464. The molecule has 0 saturated heterocycles. The lowest BCUT2D eigenvalue weighted by Crippen LogP contribution is -2.32. The maximum atomic E-state index is 13.0. The predicted octanol–water partition coefficient (Wildman–Crippen LogP) is 5.41. The molecule has 2 aromatic carbocycles. The van der Waals surface area contributed by atoms with E-state index in [1.54, 1.807) is 12.1 Å². The average Bonchev–Trinajstić information content (AvgIpc) is 3.25. The molecule has 6 nitrogen and oxygen atoms in total. The Morgan fingerprint density at radius 2 is 1.66 bits per heavy atom. The topological polar surface area (TPSA) is 78.1 Å². The second kappa shape index (κ2) is 9.43. The molecule has 0 atom stereocenters. The highest BCUT2D eigenvalue weighted by molar-refractivity contribution is 7.92. The van der Waals surface area contributed by atoms with Gasteiger partial charge < -0.3 is 0 Å². The summed E-state index contributed by atoms with van der Waals surface area (Å²) in [4.78, 5) is 2.73. The molecule has 7 heteroatoms. The second-order valence-corrected chi connectivity index (χ2v) is 13.4. The Kier molecular flexibility index (Phi) is 6.86. The summed E-state index contributed by atoms with van der Waals surface area (Å²) in [6.07, 6.45) is 1.86. The molecule has 0 fully saturated rings. The smallest absolute Gasteiger partial charge is 0.263 e. The van der Waals surface area contributed by atoms with E-state index in [0.29, 0.717) is 5.82 Å². The number of fused-ring (bicyclic) bond motifs is 1. The second-order valence-electron chi connectivity index (χ2n) is 11.7. The molecule has 188 valence electrons. The zero-order valence-corrected chi connectivity index (χ0v) is 22.6. The van der Waals surface area contributed by atoms with Gasteiger partial charge in [-0.2, -0.15) is 5.10 Å². The first kappa shape index (κ1) is 25.5. The van der Waals surface area contributed by atoms with E-state index in [9.17, 15) is 8.42 Å². The Hall–Kier alpha value is -2.64. The number of benzene rings is 2. The lowest BCUT2D eigenvalue weighted by molar-refractivity contribution is 0.257. The molecule has 1 aromatic heterocycles. The minimum Gasteiger partial charge on any atom is -0.298 e. The highest BCUT2D eigenvalue weighted by Gasteiger charge is 2.23. The summed E-state index contributed by atoms with van der Waals surface area (Å²) in [6, 6.07) is 16.2. The number of rotatable bonds is 6. The molecule has 2 N–H and O–H groups in total. The fourth-order valence-corrected chi connectivity index (χ4v) is 5.40. The molecule has 3 aromatic rings. The first-order valence-corrected chi connectivity index (χ1v) is 13.8. The summed E-state index contributed by atoms with van der Waals surface area (Å²) in [6.45, 7) is 15.6. The van der Waals surface area contributed by atoms with E-state index < -0.39 is 10.0 Å². The standard InChI is InChI=1S/C28H38N4O2S/c1-27(2,3)23-10-7-20(8-11-23)13-15-32-16-14-21-17-24(12-9-22(21)19-32)35(33,34)31-26-18-25(29-30-26)28(4,5)6/h7-12,17-18H,13-16,19H2,1-6H3,(H2,29,30,31). The minimum absolute atomic E-state index is 0.135. The number of hydrogen-bond donors (Lipinski definition) is 2. The monoisotopic (exact) mass is 494 g/mol. The van der Waals surface area contributed by atoms with Crippen molar-refractivity contribution in [1.82, 2.24) is 15.1 Å². The Morgan fingerprint density at radius 1 is 0.943 bits per heavy atom. The van der Waals surface area contributed by atoms with Crippen molar-refractivity contribution in [1.29, 1.82) is 0 Å². The lowest BCUT2D eigenvalue weighted by atomic mass is 9.86. The summed E-state index contributed by atoms with van der Waals surface area (Å²) < 4.78 is 28.6. The maximum absolute atomic E-state index is 13.0. The number of aromatic amines is 1.